The Bertz CT molecular complexity index is 741. The molecule has 0 saturated heterocycles. The number of amides is 1. The Hall–Kier alpha value is -2.65. The molecule has 0 aliphatic rings. The Labute approximate surface area is 121 Å². The summed E-state index contributed by atoms with van der Waals surface area (Å²) in [6, 6.07) is 8.55. The van der Waals surface area contributed by atoms with E-state index in [4.69, 9.17) is 11.6 Å². The second kappa shape index (κ2) is 5.77. The zero-order chi connectivity index (χ0) is 15.5. The predicted molar refractivity (Wildman–Crippen MR) is 77.8 cm³/mol. The van der Waals surface area contributed by atoms with Gasteiger partial charge in [0.2, 0.25) is 5.91 Å². The highest BCUT2D eigenvalue weighted by molar-refractivity contribution is 7.92. The third-order valence-corrected chi connectivity index (χ3v) is 3.98. The van der Waals surface area contributed by atoms with E-state index in [0.717, 1.165) is 0 Å². The maximum absolute atomic E-state index is 12.1. The summed E-state index contributed by atoms with van der Waals surface area (Å²) < 4.78 is 26.6. The van der Waals surface area contributed by atoms with Crippen molar-refractivity contribution in [2.45, 2.75) is 4.90 Å². The molecule has 0 atom stereocenters. The lowest BCUT2D eigenvalue weighted by Crippen LogP contribution is -2.15. The Morgan fingerprint density at radius 1 is 1.10 bits per heavy atom. The topological polar surface area (TPSA) is 140 Å². The van der Waals surface area contributed by atoms with Gasteiger partial charge in [-0.05, 0) is 36.4 Å². The molecular weight excluding hydrogens is 294 g/mol. The monoisotopic (exact) mass is 307 g/mol. The van der Waals surface area contributed by atoms with Crippen LogP contribution in [0.15, 0.2) is 47.5 Å². The van der Waals surface area contributed by atoms with Crippen LogP contribution in [-0.4, -0.2) is 19.3 Å². The second-order valence-corrected chi connectivity index (χ2v) is 5.75. The second-order valence-electron chi connectivity index (χ2n) is 4.07. The number of hydrazine groups is 1. The van der Waals surface area contributed by atoms with Gasteiger partial charge in [-0.2, -0.15) is 0 Å². The highest BCUT2D eigenvalue weighted by Gasteiger charge is 2.14. The molecule has 0 spiro atoms. The van der Waals surface area contributed by atoms with Gasteiger partial charge in [0.1, 0.15) is 10.7 Å². The van der Waals surface area contributed by atoms with Crippen molar-refractivity contribution in [2.75, 3.05) is 10.1 Å². The minimum atomic E-state index is -3.77. The first kappa shape index (κ1) is 14.8. The molecule has 110 valence electrons. The molecule has 1 heterocycles. The number of hydrogen-bond acceptors (Lipinski definition) is 6. The van der Waals surface area contributed by atoms with Crippen LogP contribution in [0.2, 0.25) is 0 Å². The molecular formula is C12H13N5O3S. The minimum absolute atomic E-state index is 0.0134. The van der Waals surface area contributed by atoms with Crippen LogP contribution in [0.3, 0.4) is 0 Å². The fourth-order valence-corrected chi connectivity index (χ4v) is 2.54. The smallest absolute Gasteiger partial charge is 0.263 e. The molecule has 0 aliphatic carbocycles. The first-order valence-corrected chi connectivity index (χ1v) is 7.26. The number of nitrogens with one attached hydrogen (secondary N) is 2. The summed E-state index contributed by atoms with van der Waals surface area (Å²) in [6.45, 7) is 0. The predicted octanol–water partition coefficient (Wildman–Crippen LogP) is 0.267. The van der Waals surface area contributed by atoms with Gasteiger partial charge in [0.05, 0.1) is 0 Å². The zero-order valence-corrected chi connectivity index (χ0v) is 11.6. The van der Waals surface area contributed by atoms with Crippen molar-refractivity contribution in [2.24, 2.45) is 11.6 Å². The molecule has 0 bridgehead atoms. The molecule has 1 amide bonds. The average molecular weight is 307 g/mol. The lowest BCUT2D eigenvalue weighted by atomic mass is 10.2. The van der Waals surface area contributed by atoms with Crippen LogP contribution in [0.25, 0.3) is 0 Å². The SMILES string of the molecule is NNc1ccc(S(=O)(=O)Nc2ccc(C(N)=O)cc2)cn1. The van der Waals surface area contributed by atoms with Crippen molar-refractivity contribution in [3.05, 3.63) is 48.2 Å². The number of carbonyl (C=O) groups is 1. The van der Waals surface area contributed by atoms with Crippen LogP contribution < -0.4 is 21.7 Å². The van der Waals surface area contributed by atoms with E-state index < -0.39 is 15.9 Å². The zero-order valence-electron chi connectivity index (χ0n) is 10.8. The van der Waals surface area contributed by atoms with Gasteiger partial charge in [0.25, 0.3) is 10.0 Å². The number of hydrogen-bond donors (Lipinski definition) is 4. The summed E-state index contributed by atoms with van der Waals surface area (Å²) in [5.41, 5.74) is 8.01. The van der Waals surface area contributed by atoms with Gasteiger partial charge >= 0.3 is 0 Å². The van der Waals surface area contributed by atoms with Gasteiger partial charge in [-0.25, -0.2) is 19.2 Å². The van der Waals surface area contributed by atoms with Crippen LogP contribution in [0.4, 0.5) is 11.5 Å². The number of primary amides is 1. The number of rotatable bonds is 5. The van der Waals surface area contributed by atoms with E-state index >= 15 is 0 Å². The maximum Gasteiger partial charge on any atom is 0.263 e. The molecule has 1 aromatic heterocycles. The van der Waals surface area contributed by atoms with Crippen LogP contribution >= 0.6 is 0 Å². The molecule has 0 radical (unpaired) electrons. The Kier molecular flexibility index (Phi) is 4.05. The number of carbonyl (C=O) groups excluding carboxylic acids is 1. The van der Waals surface area contributed by atoms with E-state index in [2.05, 4.69) is 15.1 Å². The van der Waals surface area contributed by atoms with Gasteiger partial charge in [0.15, 0.2) is 0 Å². The third kappa shape index (κ3) is 3.46. The number of nitrogen functional groups attached to an aromatic ring is 1. The molecule has 21 heavy (non-hydrogen) atoms. The molecule has 0 saturated carbocycles. The van der Waals surface area contributed by atoms with Crippen LogP contribution in [0.5, 0.6) is 0 Å². The van der Waals surface area contributed by atoms with Crippen molar-refractivity contribution in [1.29, 1.82) is 0 Å². The standard InChI is InChI=1S/C12H13N5O3S/c13-12(18)8-1-3-9(4-2-8)17-21(19,20)10-5-6-11(16-14)15-7-10/h1-7,17H,14H2,(H2,13,18)(H,15,16). The Balaban J connectivity index is 2.21. The Morgan fingerprint density at radius 2 is 1.76 bits per heavy atom. The number of benzene rings is 1. The summed E-state index contributed by atoms with van der Waals surface area (Å²) in [7, 11) is -3.77. The van der Waals surface area contributed by atoms with Crippen molar-refractivity contribution in [1.82, 2.24) is 4.98 Å². The number of pyridine rings is 1. The number of anilines is 2. The number of nitrogens with zero attached hydrogens (tertiary/aromatic N) is 1. The molecule has 9 heteroatoms. The van der Waals surface area contributed by atoms with Gasteiger partial charge in [-0.15, -0.1) is 0 Å². The van der Waals surface area contributed by atoms with E-state index in [1.54, 1.807) is 0 Å². The summed E-state index contributed by atoms with van der Waals surface area (Å²) in [5, 5.41) is 0. The van der Waals surface area contributed by atoms with E-state index in [1.165, 1.54) is 42.6 Å². The van der Waals surface area contributed by atoms with Crippen molar-refractivity contribution in [3.63, 3.8) is 0 Å². The van der Waals surface area contributed by atoms with Gasteiger partial charge in [0, 0.05) is 17.4 Å². The molecule has 0 aliphatic heterocycles. The van der Waals surface area contributed by atoms with Crippen LogP contribution in [0, 0.1) is 0 Å². The lowest BCUT2D eigenvalue weighted by molar-refractivity contribution is 0.100. The highest BCUT2D eigenvalue weighted by Crippen LogP contribution is 2.16. The Morgan fingerprint density at radius 3 is 2.24 bits per heavy atom. The molecule has 0 fully saturated rings. The van der Waals surface area contributed by atoms with E-state index in [-0.39, 0.29) is 10.5 Å². The highest BCUT2D eigenvalue weighted by atomic mass is 32.2. The normalized spacial score (nSPS) is 10.9. The van der Waals surface area contributed by atoms with E-state index in [9.17, 15) is 13.2 Å². The van der Waals surface area contributed by atoms with Crippen molar-refractivity contribution < 1.29 is 13.2 Å². The molecule has 6 N–H and O–H groups in total. The first-order valence-electron chi connectivity index (χ1n) is 5.78. The molecule has 2 rings (SSSR count). The van der Waals surface area contributed by atoms with Crippen molar-refractivity contribution in [3.8, 4) is 0 Å². The van der Waals surface area contributed by atoms with E-state index in [1.807, 2.05) is 0 Å². The number of nitrogens with two attached hydrogens (primary N) is 2. The minimum Gasteiger partial charge on any atom is -0.366 e. The summed E-state index contributed by atoms with van der Waals surface area (Å²) in [6.07, 6.45) is 1.18. The van der Waals surface area contributed by atoms with Gasteiger partial charge < -0.3 is 11.2 Å². The maximum atomic E-state index is 12.1. The molecule has 2 aromatic rings. The molecule has 1 aromatic carbocycles. The number of sulfonamides is 1. The summed E-state index contributed by atoms with van der Waals surface area (Å²) in [5.74, 6) is 4.92. The quantitative estimate of drug-likeness (QED) is 0.461. The third-order valence-electron chi connectivity index (χ3n) is 2.62. The summed E-state index contributed by atoms with van der Waals surface area (Å²) >= 11 is 0. The molecule has 8 nitrogen and oxygen atoms in total. The fourth-order valence-electron chi connectivity index (χ4n) is 1.54. The van der Waals surface area contributed by atoms with Crippen LogP contribution in [-0.2, 0) is 10.0 Å². The van der Waals surface area contributed by atoms with E-state index in [0.29, 0.717) is 11.5 Å². The van der Waals surface area contributed by atoms with Crippen molar-refractivity contribution >= 4 is 27.4 Å². The van der Waals surface area contributed by atoms with Gasteiger partial charge in [-0.3, -0.25) is 9.52 Å². The average Bonchev–Trinajstić information content (AvgIpc) is 2.47. The summed E-state index contributed by atoms with van der Waals surface area (Å²) in [4.78, 5) is 14.8. The molecule has 0 unspecified atom stereocenters. The van der Waals surface area contributed by atoms with Gasteiger partial charge in [-0.1, -0.05) is 0 Å². The largest absolute Gasteiger partial charge is 0.366 e. The van der Waals surface area contributed by atoms with Crippen LogP contribution in [0.1, 0.15) is 10.4 Å². The fraction of sp³-hybridized carbons (Fsp3) is 0. The lowest BCUT2D eigenvalue weighted by Gasteiger charge is -2.08. The number of aromatic nitrogens is 1. The first-order chi connectivity index (χ1) is 9.92.